The molecule has 5 nitrogen and oxygen atoms in total. The Hall–Kier alpha value is -2.76. The zero-order valence-corrected chi connectivity index (χ0v) is 10.6. The Morgan fingerprint density at radius 2 is 1.90 bits per heavy atom. The van der Waals surface area contributed by atoms with E-state index in [9.17, 15) is 14.0 Å². The number of nitrogens with zero attached hydrogens (tertiary/aromatic N) is 1. The molecule has 2 aromatic rings. The molecule has 0 unspecified atom stereocenters. The highest BCUT2D eigenvalue weighted by atomic mass is 19.1. The summed E-state index contributed by atoms with van der Waals surface area (Å²) in [5, 5.41) is 11.4. The van der Waals surface area contributed by atoms with Gasteiger partial charge in [0.25, 0.3) is 5.91 Å². The monoisotopic (exact) mass is 274 g/mol. The first-order valence-electron chi connectivity index (χ1n) is 5.75. The maximum atomic E-state index is 13.4. The van der Waals surface area contributed by atoms with Gasteiger partial charge < -0.3 is 10.4 Å². The molecule has 0 bridgehead atoms. The van der Waals surface area contributed by atoms with Crippen molar-refractivity contribution in [3.8, 4) is 0 Å². The summed E-state index contributed by atoms with van der Waals surface area (Å²) in [5.41, 5.74) is 0.194. The lowest BCUT2D eigenvalue weighted by Gasteiger charge is -2.09. The zero-order valence-electron chi connectivity index (χ0n) is 10.6. The number of carbonyl (C=O) groups is 2. The molecule has 1 heterocycles. The second kappa shape index (κ2) is 5.48. The van der Waals surface area contributed by atoms with Gasteiger partial charge in [0.1, 0.15) is 17.2 Å². The van der Waals surface area contributed by atoms with Crippen LogP contribution in [0, 0.1) is 12.7 Å². The number of carboxylic acids is 1. The molecule has 2 rings (SSSR count). The largest absolute Gasteiger partial charge is 0.478 e. The average Bonchev–Trinajstić information content (AvgIpc) is 2.42. The van der Waals surface area contributed by atoms with Crippen molar-refractivity contribution in [1.82, 2.24) is 4.98 Å². The van der Waals surface area contributed by atoms with Crippen molar-refractivity contribution in [3.63, 3.8) is 0 Å². The van der Waals surface area contributed by atoms with E-state index < -0.39 is 17.7 Å². The van der Waals surface area contributed by atoms with Crippen LogP contribution in [0.5, 0.6) is 0 Å². The Kier molecular flexibility index (Phi) is 3.74. The first-order valence-corrected chi connectivity index (χ1v) is 5.75. The fourth-order valence-electron chi connectivity index (χ4n) is 1.71. The van der Waals surface area contributed by atoms with Crippen LogP contribution in [0.25, 0.3) is 0 Å². The van der Waals surface area contributed by atoms with Crippen LogP contribution in [-0.2, 0) is 0 Å². The van der Waals surface area contributed by atoms with E-state index >= 15 is 0 Å². The van der Waals surface area contributed by atoms with Gasteiger partial charge in [0.2, 0.25) is 0 Å². The van der Waals surface area contributed by atoms with E-state index in [0.29, 0.717) is 0 Å². The van der Waals surface area contributed by atoms with E-state index in [1.807, 2.05) is 0 Å². The number of carbonyl (C=O) groups excluding carboxylic acids is 1. The van der Waals surface area contributed by atoms with Crippen LogP contribution >= 0.6 is 0 Å². The van der Waals surface area contributed by atoms with E-state index in [0.717, 1.165) is 0 Å². The first-order chi connectivity index (χ1) is 9.50. The summed E-state index contributed by atoms with van der Waals surface area (Å²) in [5.74, 6) is -2.39. The number of nitrogens with one attached hydrogen (secondary N) is 1. The van der Waals surface area contributed by atoms with Gasteiger partial charge in [-0.25, -0.2) is 14.2 Å². The van der Waals surface area contributed by atoms with Gasteiger partial charge in [-0.15, -0.1) is 0 Å². The van der Waals surface area contributed by atoms with Crippen molar-refractivity contribution < 1.29 is 19.1 Å². The lowest BCUT2D eigenvalue weighted by atomic mass is 10.1. The number of aromatic nitrogens is 1. The van der Waals surface area contributed by atoms with Gasteiger partial charge in [0.05, 0.1) is 0 Å². The summed E-state index contributed by atoms with van der Waals surface area (Å²) in [6.45, 7) is 1.47. The van der Waals surface area contributed by atoms with Crippen LogP contribution in [0.4, 0.5) is 10.2 Å². The lowest BCUT2D eigenvalue weighted by molar-refractivity contribution is 0.0697. The minimum absolute atomic E-state index is 0.0753. The molecular weight excluding hydrogens is 263 g/mol. The van der Waals surface area contributed by atoms with Gasteiger partial charge in [-0.3, -0.25) is 4.79 Å². The lowest BCUT2D eigenvalue weighted by Crippen LogP contribution is -2.17. The van der Waals surface area contributed by atoms with E-state index in [1.54, 1.807) is 0 Å². The number of carboxylic acid groups (broad SMARTS) is 1. The Bertz CT molecular complexity index is 686. The number of hydrogen-bond acceptors (Lipinski definition) is 3. The molecule has 6 heteroatoms. The molecule has 0 aliphatic carbocycles. The predicted octanol–water partition coefficient (Wildman–Crippen LogP) is 2.48. The Morgan fingerprint density at radius 1 is 1.20 bits per heavy atom. The number of halogens is 1. The van der Waals surface area contributed by atoms with Crippen molar-refractivity contribution in [2.24, 2.45) is 0 Å². The smallest absolute Gasteiger partial charge is 0.339 e. The van der Waals surface area contributed by atoms with E-state index in [1.165, 1.54) is 43.5 Å². The third kappa shape index (κ3) is 2.64. The highest BCUT2D eigenvalue weighted by Crippen LogP contribution is 2.16. The molecule has 0 radical (unpaired) electrons. The maximum absolute atomic E-state index is 13.4. The average molecular weight is 274 g/mol. The fraction of sp³-hybridized carbons (Fsp3) is 0.0714. The van der Waals surface area contributed by atoms with E-state index in [2.05, 4.69) is 10.3 Å². The van der Waals surface area contributed by atoms with Gasteiger partial charge in [-0.1, -0.05) is 6.07 Å². The second-order valence-corrected chi connectivity index (χ2v) is 4.07. The van der Waals surface area contributed by atoms with E-state index in [-0.39, 0.29) is 22.5 Å². The third-order valence-electron chi connectivity index (χ3n) is 2.78. The van der Waals surface area contributed by atoms with E-state index in [4.69, 9.17) is 5.11 Å². The van der Waals surface area contributed by atoms with Crippen LogP contribution in [0.3, 0.4) is 0 Å². The molecule has 1 amide bonds. The molecule has 1 aromatic heterocycles. The number of anilines is 1. The van der Waals surface area contributed by atoms with Gasteiger partial charge in [0, 0.05) is 11.8 Å². The van der Waals surface area contributed by atoms with Gasteiger partial charge in [-0.2, -0.15) is 0 Å². The molecule has 0 atom stereocenters. The van der Waals surface area contributed by atoms with Crippen molar-refractivity contribution in [1.29, 1.82) is 0 Å². The van der Waals surface area contributed by atoms with Crippen LogP contribution < -0.4 is 5.32 Å². The number of amides is 1. The van der Waals surface area contributed by atoms with Crippen LogP contribution in [-0.4, -0.2) is 22.0 Å². The topological polar surface area (TPSA) is 79.3 Å². The summed E-state index contributed by atoms with van der Waals surface area (Å²) in [4.78, 5) is 26.9. The number of aromatic carboxylic acids is 1. The normalized spacial score (nSPS) is 10.1. The molecular formula is C14H11FN2O3. The van der Waals surface area contributed by atoms with Gasteiger partial charge in [0.15, 0.2) is 0 Å². The summed E-state index contributed by atoms with van der Waals surface area (Å²) < 4.78 is 13.4. The standard InChI is InChI=1S/C14H11FN2O3/c1-8-9(4-2-6-11(8)15)13(18)17-12-10(14(19)20)5-3-7-16-12/h2-7H,1H3,(H,19,20)(H,16,17,18). The zero-order chi connectivity index (χ0) is 14.7. The maximum Gasteiger partial charge on any atom is 0.339 e. The summed E-state index contributed by atoms with van der Waals surface area (Å²) in [6, 6.07) is 6.89. The predicted molar refractivity (Wildman–Crippen MR) is 70.3 cm³/mol. The molecule has 102 valence electrons. The molecule has 0 spiro atoms. The van der Waals surface area contributed by atoms with Crippen molar-refractivity contribution >= 4 is 17.7 Å². The SMILES string of the molecule is Cc1c(F)cccc1C(=O)Nc1ncccc1C(=O)O. The summed E-state index contributed by atoms with van der Waals surface area (Å²) >= 11 is 0. The van der Waals surface area contributed by atoms with Crippen molar-refractivity contribution in [3.05, 3.63) is 59.0 Å². The van der Waals surface area contributed by atoms with Gasteiger partial charge >= 0.3 is 5.97 Å². The summed E-state index contributed by atoms with van der Waals surface area (Å²) in [6.07, 6.45) is 1.36. The highest BCUT2D eigenvalue weighted by molar-refractivity contribution is 6.07. The number of pyridine rings is 1. The molecule has 0 saturated carbocycles. The molecule has 1 aromatic carbocycles. The molecule has 0 aliphatic rings. The highest BCUT2D eigenvalue weighted by Gasteiger charge is 2.16. The quantitative estimate of drug-likeness (QED) is 0.901. The number of rotatable bonds is 3. The van der Waals surface area contributed by atoms with Crippen molar-refractivity contribution in [2.75, 3.05) is 5.32 Å². The Balaban J connectivity index is 2.33. The first kappa shape index (κ1) is 13.7. The summed E-state index contributed by atoms with van der Waals surface area (Å²) in [7, 11) is 0. The molecule has 0 fully saturated rings. The third-order valence-corrected chi connectivity index (χ3v) is 2.78. The van der Waals surface area contributed by atoms with Crippen LogP contribution in [0.1, 0.15) is 26.3 Å². The Labute approximate surface area is 114 Å². The van der Waals surface area contributed by atoms with Crippen LogP contribution in [0.15, 0.2) is 36.5 Å². The molecule has 0 aliphatic heterocycles. The fourth-order valence-corrected chi connectivity index (χ4v) is 1.71. The molecule has 2 N–H and O–H groups in total. The minimum atomic E-state index is -1.20. The van der Waals surface area contributed by atoms with Gasteiger partial charge in [-0.05, 0) is 36.8 Å². The second-order valence-electron chi connectivity index (χ2n) is 4.07. The molecule has 20 heavy (non-hydrogen) atoms. The Morgan fingerprint density at radius 3 is 2.60 bits per heavy atom. The minimum Gasteiger partial charge on any atom is -0.478 e. The number of hydrogen-bond donors (Lipinski definition) is 2. The number of benzene rings is 1. The van der Waals surface area contributed by atoms with Crippen molar-refractivity contribution in [2.45, 2.75) is 6.92 Å². The van der Waals surface area contributed by atoms with Crippen LogP contribution in [0.2, 0.25) is 0 Å². The molecule has 0 saturated heterocycles.